The molecule has 1 amide bonds. The van der Waals surface area contributed by atoms with Crippen molar-refractivity contribution in [2.75, 3.05) is 19.6 Å². The molecule has 1 saturated heterocycles. The van der Waals surface area contributed by atoms with Crippen LogP contribution in [0.4, 0.5) is 0 Å². The molecule has 1 aromatic heterocycles. The number of carbonyl (C=O) groups excluding carboxylic acids is 1. The van der Waals surface area contributed by atoms with Gasteiger partial charge >= 0.3 is 0 Å². The number of hydrogen-bond acceptors (Lipinski definition) is 3. The molecule has 1 fully saturated rings. The molecule has 0 saturated carbocycles. The van der Waals surface area contributed by atoms with Crippen LogP contribution in [0.15, 0.2) is 60.9 Å². The predicted octanol–water partition coefficient (Wildman–Crippen LogP) is 2.60. The molecule has 0 aliphatic carbocycles. The Labute approximate surface area is 147 Å². The standard InChI is InChI=1S/C20H22N4O/c25-20(10-12-23-15-22-17-8-4-5-9-18(17)23)24-13-11-21-14-19(24)16-6-2-1-3-7-16/h1-9,15,19,21H,10-14H2/t19-/m0/s1. The minimum absolute atomic E-state index is 0.113. The summed E-state index contributed by atoms with van der Waals surface area (Å²) in [4.78, 5) is 19.3. The third-order valence-corrected chi connectivity index (χ3v) is 4.84. The van der Waals surface area contributed by atoms with Crippen LogP contribution in [0.3, 0.4) is 0 Å². The zero-order valence-corrected chi connectivity index (χ0v) is 14.1. The van der Waals surface area contributed by atoms with Crippen LogP contribution < -0.4 is 5.32 Å². The van der Waals surface area contributed by atoms with Crippen molar-refractivity contribution in [1.82, 2.24) is 19.8 Å². The fourth-order valence-electron chi connectivity index (χ4n) is 3.52. The van der Waals surface area contributed by atoms with Gasteiger partial charge in [-0.05, 0) is 17.7 Å². The second kappa shape index (κ2) is 7.07. The highest BCUT2D eigenvalue weighted by atomic mass is 16.2. The minimum Gasteiger partial charge on any atom is -0.333 e. The molecule has 0 spiro atoms. The van der Waals surface area contributed by atoms with Gasteiger partial charge in [0.25, 0.3) is 0 Å². The zero-order chi connectivity index (χ0) is 17.1. The summed E-state index contributed by atoms with van der Waals surface area (Å²) < 4.78 is 2.06. The lowest BCUT2D eigenvalue weighted by molar-refractivity contribution is -0.134. The van der Waals surface area contributed by atoms with Crippen LogP contribution in [-0.2, 0) is 11.3 Å². The van der Waals surface area contributed by atoms with Crippen molar-refractivity contribution >= 4 is 16.9 Å². The second-order valence-electron chi connectivity index (χ2n) is 6.39. The van der Waals surface area contributed by atoms with E-state index in [0.717, 1.165) is 30.7 Å². The summed E-state index contributed by atoms with van der Waals surface area (Å²) in [5.41, 5.74) is 3.24. The number of imidazole rings is 1. The van der Waals surface area contributed by atoms with Crippen LogP contribution in [0, 0.1) is 0 Å². The van der Waals surface area contributed by atoms with Crippen LogP contribution >= 0.6 is 0 Å². The van der Waals surface area contributed by atoms with Crippen LogP contribution in [-0.4, -0.2) is 40.0 Å². The molecular formula is C20H22N4O. The molecule has 1 N–H and O–H groups in total. The van der Waals surface area contributed by atoms with Crippen molar-refractivity contribution in [3.8, 4) is 0 Å². The Morgan fingerprint density at radius 1 is 1.12 bits per heavy atom. The Kier molecular flexibility index (Phi) is 4.48. The van der Waals surface area contributed by atoms with Gasteiger partial charge in [-0.25, -0.2) is 4.98 Å². The van der Waals surface area contributed by atoms with E-state index in [9.17, 15) is 4.79 Å². The maximum atomic E-state index is 12.9. The Hall–Kier alpha value is -2.66. The summed E-state index contributed by atoms with van der Waals surface area (Å²) in [6.45, 7) is 3.07. The maximum absolute atomic E-state index is 12.9. The molecule has 3 aromatic rings. The van der Waals surface area contributed by atoms with Gasteiger partial charge in [0.1, 0.15) is 0 Å². The van der Waals surface area contributed by atoms with E-state index in [1.165, 1.54) is 5.56 Å². The van der Waals surface area contributed by atoms with Crippen molar-refractivity contribution in [3.63, 3.8) is 0 Å². The molecule has 4 rings (SSSR count). The predicted molar refractivity (Wildman–Crippen MR) is 98.1 cm³/mol. The van der Waals surface area contributed by atoms with Crippen molar-refractivity contribution in [2.45, 2.75) is 19.0 Å². The smallest absolute Gasteiger partial charge is 0.224 e. The zero-order valence-electron chi connectivity index (χ0n) is 14.1. The van der Waals surface area contributed by atoms with Gasteiger partial charge in [0.05, 0.1) is 23.4 Å². The van der Waals surface area contributed by atoms with Crippen LogP contribution in [0.5, 0.6) is 0 Å². The molecular weight excluding hydrogens is 312 g/mol. The van der Waals surface area contributed by atoms with Crippen molar-refractivity contribution in [2.24, 2.45) is 0 Å². The molecule has 128 valence electrons. The molecule has 25 heavy (non-hydrogen) atoms. The molecule has 5 nitrogen and oxygen atoms in total. The fourth-order valence-corrected chi connectivity index (χ4v) is 3.52. The Bertz CT molecular complexity index is 858. The quantitative estimate of drug-likeness (QED) is 0.798. The Morgan fingerprint density at radius 2 is 1.92 bits per heavy atom. The van der Waals surface area contributed by atoms with Crippen LogP contribution in [0.1, 0.15) is 18.0 Å². The SMILES string of the molecule is O=C(CCn1cnc2ccccc21)N1CCNC[C@H]1c1ccccc1. The molecule has 5 heteroatoms. The number of rotatable bonds is 4. The highest BCUT2D eigenvalue weighted by Gasteiger charge is 2.27. The summed E-state index contributed by atoms with van der Waals surface area (Å²) >= 11 is 0. The van der Waals surface area contributed by atoms with E-state index in [-0.39, 0.29) is 11.9 Å². The summed E-state index contributed by atoms with van der Waals surface area (Å²) in [7, 11) is 0. The van der Waals surface area contributed by atoms with Gasteiger partial charge in [-0.3, -0.25) is 4.79 Å². The van der Waals surface area contributed by atoms with E-state index >= 15 is 0 Å². The van der Waals surface area contributed by atoms with Crippen molar-refractivity contribution in [1.29, 1.82) is 0 Å². The number of benzene rings is 2. The number of amides is 1. The number of nitrogens with zero attached hydrogens (tertiary/aromatic N) is 3. The third-order valence-electron chi connectivity index (χ3n) is 4.84. The number of nitrogens with one attached hydrogen (secondary N) is 1. The first-order chi connectivity index (χ1) is 12.3. The monoisotopic (exact) mass is 334 g/mol. The number of fused-ring (bicyclic) bond motifs is 1. The normalized spacial score (nSPS) is 17.8. The van der Waals surface area contributed by atoms with Gasteiger partial charge in [0, 0.05) is 32.6 Å². The lowest BCUT2D eigenvalue weighted by Gasteiger charge is -2.36. The van der Waals surface area contributed by atoms with Gasteiger partial charge in [-0.15, -0.1) is 0 Å². The fraction of sp³-hybridized carbons (Fsp3) is 0.300. The highest BCUT2D eigenvalue weighted by Crippen LogP contribution is 2.23. The van der Waals surface area contributed by atoms with E-state index in [0.29, 0.717) is 13.0 Å². The Morgan fingerprint density at radius 3 is 2.80 bits per heavy atom. The van der Waals surface area contributed by atoms with Gasteiger partial charge in [-0.1, -0.05) is 42.5 Å². The lowest BCUT2D eigenvalue weighted by Crippen LogP contribution is -2.48. The van der Waals surface area contributed by atoms with Gasteiger partial charge < -0.3 is 14.8 Å². The van der Waals surface area contributed by atoms with E-state index < -0.39 is 0 Å². The van der Waals surface area contributed by atoms with Crippen molar-refractivity contribution in [3.05, 3.63) is 66.5 Å². The molecule has 1 aliphatic rings. The first kappa shape index (κ1) is 15.8. The van der Waals surface area contributed by atoms with Crippen molar-refractivity contribution < 1.29 is 4.79 Å². The average molecular weight is 334 g/mol. The highest BCUT2D eigenvalue weighted by molar-refractivity contribution is 5.78. The van der Waals surface area contributed by atoms with Crippen LogP contribution in [0.25, 0.3) is 11.0 Å². The number of para-hydroxylation sites is 2. The first-order valence-electron chi connectivity index (χ1n) is 8.78. The largest absolute Gasteiger partial charge is 0.333 e. The number of piperazine rings is 1. The summed E-state index contributed by atoms with van der Waals surface area (Å²) in [6.07, 6.45) is 2.31. The molecule has 0 unspecified atom stereocenters. The molecule has 1 aliphatic heterocycles. The number of aromatic nitrogens is 2. The summed E-state index contributed by atoms with van der Waals surface area (Å²) in [6, 6.07) is 18.4. The van der Waals surface area contributed by atoms with E-state index in [1.807, 2.05) is 53.7 Å². The maximum Gasteiger partial charge on any atom is 0.224 e. The Balaban J connectivity index is 1.47. The van der Waals surface area contributed by atoms with Crippen LogP contribution in [0.2, 0.25) is 0 Å². The average Bonchev–Trinajstić information content (AvgIpc) is 3.10. The number of carbonyl (C=O) groups is 1. The minimum atomic E-state index is 0.113. The van der Waals surface area contributed by atoms with Gasteiger partial charge in [0.2, 0.25) is 5.91 Å². The lowest BCUT2D eigenvalue weighted by atomic mass is 10.0. The molecule has 0 radical (unpaired) electrons. The summed E-state index contributed by atoms with van der Waals surface area (Å²) in [5.74, 6) is 0.202. The molecule has 1 atom stereocenters. The first-order valence-corrected chi connectivity index (χ1v) is 8.78. The molecule has 0 bridgehead atoms. The topological polar surface area (TPSA) is 50.2 Å². The summed E-state index contributed by atoms with van der Waals surface area (Å²) in [5, 5.41) is 3.40. The number of aryl methyl sites for hydroxylation is 1. The van der Waals surface area contributed by atoms with Gasteiger partial charge in [0.15, 0.2) is 0 Å². The molecule has 2 heterocycles. The van der Waals surface area contributed by atoms with E-state index in [2.05, 4.69) is 27.0 Å². The van der Waals surface area contributed by atoms with Gasteiger partial charge in [-0.2, -0.15) is 0 Å². The number of hydrogen-bond donors (Lipinski definition) is 1. The second-order valence-corrected chi connectivity index (χ2v) is 6.39. The molecule has 2 aromatic carbocycles. The third kappa shape index (κ3) is 3.28. The van der Waals surface area contributed by atoms with E-state index in [1.54, 1.807) is 0 Å². The van der Waals surface area contributed by atoms with E-state index in [4.69, 9.17) is 0 Å².